The first-order chi connectivity index (χ1) is 5.65. The topological polar surface area (TPSA) is 29.5 Å². The zero-order chi connectivity index (χ0) is 9.14. The smallest absolute Gasteiger partial charge is 0.306 e. The summed E-state index contributed by atoms with van der Waals surface area (Å²) in [5.41, 5.74) is 4.79. The fourth-order valence-electron chi connectivity index (χ4n) is 1.28. The van der Waals surface area contributed by atoms with Crippen molar-refractivity contribution >= 4 is 12.9 Å². The van der Waals surface area contributed by atoms with Crippen LogP contribution in [0.4, 0.5) is 0 Å². The second kappa shape index (κ2) is 3.74. The first kappa shape index (κ1) is 9.29. The van der Waals surface area contributed by atoms with Gasteiger partial charge in [0.25, 0.3) is 0 Å². The molecule has 0 aliphatic rings. The molecule has 0 aromatic heterocycles. The van der Waals surface area contributed by atoms with Gasteiger partial charge in [0.1, 0.15) is 0 Å². The summed E-state index contributed by atoms with van der Waals surface area (Å²) >= 11 is 0. The van der Waals surface area contributed by atoms with Gasteiger partial charge in [0.05, 0.1) is 0 Å². The lowest BCUT2D eigenvalue weighted by Crippen LogP contribution is -2.17. The fraction of sp³-hybridized carbons (Fsp3) is 0.333. The molecule has 0 spiro atoms. The van der Waals surface area contributed by atoms with Crippen molar-refractivity contribution < 1.29 is 10.1 Å². The van der Waals surface area contributed by atoms with E-state index < -0.39 is 0 Å². The van der Waals surface area contributed by atoms with Crippen LogP contribution in [0.3, 0.4) is 0 Å². The van der Waals surface area contributed by atoms with Crippen LogP contribution in [0, 0.1) is 20.8 Å². The van der Waals surface area contributed by atoms with E-state index in [-0.39, 0.29) is 7.48 Å². The first-order valence-corrected chi connectivity index (χ1v) is 3.98. The van der Waals surface area contributed by atoms with Crippen LogP contribution in [0.25, 0.3) is 0 Å². The fourth-order valence-corrected chi connectivity index (χ4v) is 1.28. The molecular formula is C9H13BO2. The molecule has 0 bridgehead atoms. The molecule has 0 heterocycles. The highest BCUT2D eigenvalue weighted by molar-refractivity contribution is 6.46. The molecule has 0 unspecified atom stereocenters. The summed E-state index contributed by atoms with van der Waals surface area (Å²) < 4.78 is 0. The quantitative estimate of drug-likeness (QED) is 0.402. The van der Waals surface area contributed by atoms with Crippen LogP contribution >= 0.6 is 0 Å². The van der Waals surface area contributed by atoms with Gasteiger partial charge in [0.2, 0.25) is 0 Å². The molecule has 0 fully saturated rings. The van der Waals surface area contributed by atoms with Crippen LogP contribution in [-0.2, 0) is 4.81 Å². The van der Waals surface area contributed by atoms with Crippen molar-refractivity contribution in [2.24, 2.45) is 0 Å². The van der Waals surface area contributed by atoms with Gasteiger partial charge < -0.3 is 4.81 Å². The Labute approximate surface area is 73.4 Å². The molecule has 0 atom stereocenters. The summed E-state index contributed by atoms with van der Waals surface area (Å²) in [5, 5.41) is 8.27. The molecule has 1 aromatic carbocycles. The van der Waals surface area contributed by atoms with Crippen LogP contribution in [0.1, 0.15) is 16.7 Å². The number of hydrogen-bond acceptors (Lipinski definition) is 2. The second-order valence-electron chi connectivity index (χ2n) is 3.13. The number of aryl methyl sites for hydroxylation is 2. The molecule has 0 amide bonds. The average Bonchev–Trinajstić information content (AvgIpc) is 2.01. The van der Waals surface area contributed by atoms with E-state index in [1.54, 1.807) is 0 Å². The Balaban J connectivity index is 3.04. The molecule has 64 valence electrons. The molecule has 0 aliphatic heterocycles. The van der Waals surface area contributed by atoms with Crippen LogP contribution < -0.4 is 5.46 Å². The minimum absolute atomic E-state index is 0.266. The maximum absolute atomic E-state index is 8.27. The third-order valence-corrected chi connectivity index (χ3v) is 2.22. The maximum atomic E-state index is 8.27. The zero-order valence-corrected chi connectivity index (χ0v) is 7.72. The second-order valence-corrected chi connectivity index (χ2v) is 3.13. The van der Waals surface area contributed by atoms with Crippen molar-refractivity contribution in [3.8, 4) is 0 Å². The van der Waals surface area contributed by atoms with Crippen LogP contribution in [-0.4, -0.2) is 12.7 Å². The predicted molar refractivity (Wildman–Crippen MR) is 51.1 cm³/mol. The molecule has 0 aliphatic carbocycles. The van der Waals surface area contributed by atoms with Gasteiger partial charge in [0, 0.05) is 0 Å². The van der Waals surface area contributed by atoms with Crippen molar-refractivity contribution in [2.75, 3.05) is 0 Å². The van der Waals surface area contributed by atoms with Crippen LogP contribution in [0.2, 0.25) is 0 Å². The van der Waals surface area contributed by atoms with E-state index in [2.05, 4.69) is 25.6 Å². The lowest BCUT2D eigenvalue weighted by Gasteiger charge is -2.06. The van der Waals surface area contributed by atoms with Crippen molar-refractivity contribution in [3.63, 3.8) is 0 Å². The molecule has 1 rings (SSSR count). The van der Waals surface area contributed by atoms with E-state index in [1.165, 1.54) is 16.7 Å². The Morgan fingerprint density at radius 2 is 1.67 bits per heavy atom. The van der Waals surface area contributed by atoms with Gasteiger partial charge in [-0.15, -0.1) is 0 Å². The molecule has 2 nitrogen and oxygen atoms in total. The summed E-state index contributed by atoms with van der Waals surface area (Å²) in [5.74, 6) is 0. The first-order valence-electron chi connectivity index (χ1n) is 3.98. The van der Waals surface area contributed by atoms with Crippen molar-refractivity contribution in [2.45, 2.75) is 20.8 Å². The minimum Gasteiger partial charge on any atom is -0.306 e. The highest BCUT2D eigenvalue weighted by atomic mass is 17.1. The van der Waals surface area contributed by atoms with Gasteiger partial charge >= 0.3 is 7.48 Å². The number of rotatable bonds is 2. The van der Waals surface area contributed by atoms with Gasteiger partial charge in [-0.3, -0.25) is 5.26 Å². The Hall–Kier alpha value is -0.795. The largest absolute Gasteiger partial charge is 0.355 e. The van der Waals surface area contributed by atoms with Gasteiger partial charge in [-0.2, -0.15) is 0 Å². The lowest BCUT2D eigenvalue weighted by molar-refractivity contribution is -0.135. The van der Waals surface area contributed by atoms with E-state index in [1.807, 2.05) is 12.1 Å². The van der Waals surface area contributed by atoms with Gasteiger partial charge in [-0.25, -0.2) is 0 Å². The normalized spacial score (nSPS) is 10.0. The van der Waals surface area contributed by atoms with E-state index >= 15 is 0 Å². The van der Waals surface area contributed by atoms with Gasteiger partial charge in [-0.1, -0.05) is 12.1 Å². The molecular weight excluding hydrogens is 151 g/mol. The SMILES string of the molecule is Cc1cc(BOO)cc(C)c1C. The maximum Gasteiger partial charge on any atom is 0.355 e. The Morgan fingerprint density at radius 3 is 2.08 bits per heavy atom. The molecule has 3 heteroatoms. The summed E-state index contributed by atoms with van der Waals surface area (Å²) in [6.07, 6.45) is 0. The zero-order valence-electron chi connectivity index (χ0n) is 7.72. The Bertz CT molecular complexity index is 261. The van der Waals surface area contributed by atoms with Gasteiger partial charge in [0.15, 0.2) is 0 Å². The molecule has 12 heavy (non-hydrogen) atoms. The standard InChI is InChI=1S/C9H13BO2/c1-6-4-9(10-12-11)5-7(2)8(6)3/h4-5,10-11H,1-3H3. The molecule has 1 N–H and O–H groups in total. The van der Waals surface area contributed by atoms with Gasteiger partial charge in [-0.05, 0) is 42.9 Å². The van der Waals surface area contributed by atoms with Crippen molar-refractivity contribution in [1.29, 1.82) is 0 Å². The van der Waals surface area contributed by atoms with Crippen LogP contribution in [0.5, 0.6) is 0 Å². The van der Waals surface area contributed by atoms with Crippen molar-refractivity contribution in [1.82, 2.24) is 0 Å². The van der Waals surface area contributed by atoms with E-state index in [0.717, 1.165) is 5.46 Å². The molecule has 1 aromatic rings. The third-order valence-electron chi connectivity index (χ3n) is 2.22. The van der Waals surface area contributed by atoms with Crippen LogP contribution in [0.15, 0.2) is 12.1 Å². The Morgan fingerprint density at radius 1 is 1.17 bits per heavy atom. The molecule has 0 saturated carbocycles. The van der Waals surface area contributed by atoms with E-state index in [0.29, 0.717) is 0 Å². The monoisotopic (exact) mass is 164 g/mol. The summed E-state index contributed by atoms with van der Waals surface area (Å²) in [7, 11) is 0.266. The average molecular weight is 164 g/mol. The molecule has 0 radical (unpaired) electrons. The number of hydrogen-bond donors (Lipinski definition) is 1. The minimum atomic E-state index is 0.266. The van der Waals surface area contributed by atoms with E-state index in [4.69, 9.17) is 5.26 Å². The summed E-state index contributed by atoms with van der Waals surface area (Å²) in [4.78, 5) is 4.08. The highest BCUT2D eigenvalue weighted by Crippen LogP contribution is 2.09. The highest BCUT2D eigenvalue weighted by Gasteiger charge is 2.02. The summed E-state index contributed by atoms with van der Waals surface area (Å²) in [6, 6.07) is 4.05. The predicted octanol–water partition coefficient (Wildman–Crippen LogP) is 1.08. The number of benzene rings is 1. The molecule has 0 saturated heterocycles. The van der Waals surface area contributed by atoms with E-state index in [9.17, 15) is 0 Å². The third kappa shape index (κ3) is 1.87. The van der Waals surface area contributed by atoms with Crippen molar-refractivity contribution in [3.05, 3.63) is 28.8 Å². The summed E-state index contributed by atoms with van der Waals surface area (Å²) in [6.45, 7) is 6.21. The lowest BCUT2D eigenvalue weighted by atomic mass is 9.84. The Kier molecular flexibility index (Phi) is 2.90.